The normalized spacial score (nSPS) is 42.9. The minimum atomic E-state index is -0.521. The molecule has 0 saturated heterocycles. The van der Waals surface area contributed by atoms with Crippen LogP contribution >= 0.6 is 11.8 Å². The highest BCUT2D eigenvalue weighted by Gasteiger charge is 2.63. The van der Waals surface area contributed by atoms with Crippen molar-refractivity contribution in [2.45, 2.75) is 59.3 Å². The zero-order chi connectivity index (χ0) is 20.4. The van der Waals surface area contributed by atoms with Crippen LogP contribution in [0.1, 0.15) is 59.3 Å². The van der Waals surface area contributed by atoms with E-state index >= 15 is 0 Å². The Hall–Kier alpha value is -1.23. The van der Waals surface area contributed by atoms with Gasteiger partial charge in [-0.2, -0.15) is 0 Å². The van der Waals surface area contributed by atoms with Crippen molar-refractivity contribution in [2.75, 3.05) is 6.67 Å². The van der Waals surface area contributed by atoms with Gasteiger partial charge in [0.15, 0.2) is 10.9 Å². The Morgan fingerprint density at radius 2 is 1.82 bits per heavy atom. The lowest BCUT2D eigenvalue weighted by Crippen LogP contribution is -2.55. The topological polar surface area (TPSA) is 51.2 Å². The van der Waals surface area contributed by atoms with Gasteiger partial charge in [0.1, 0.15) is 5.78 Å². The quantitative estimate of drug-likeness (QED) is 0.646. The highest BCUT2D eigenvalue weighted by atomic mass is 32.2. The molecule has 0 bridgehead atoms. The smallest absolute Gasteiger partial charge is 0.190 e. The van der Waals surface area contributed by atoms with Crippen molar-refractivity contribution in [1.82, 2.24) is 0 Å². The highest BCUT2D eigenvalue weighted by Crippen LogP contribution is 2.67. The number of halogens is 1. The highest BCUT2D eigenvalue weighted by molar-refractivity contribution is 8.17. The summed E-state index contributed by atoms with van der Waals surface area (Å²) >= 11 is 0.996. The van der Waals surface area contributed by atoms with Crippen molar-refractivity contribution in [3.8, 4) is 0 Å². The molecule has 0 N–H and O–H groups in total. The molecule has 4 rings (SSSR count). The van der Waals surface area contributed by atoms with Crippen LogP contribution in [-0.2, 0) is 14.4 Å². The Kier molecular flexibility index (Phi) is 4.76. The lowest BCUT2D eigenvalue weighted by atomic mass is 9.44. The summed E-state index contributed by atoms with van der Waals surface area (Å²) in [7, 11) is 0. The number of rotatable bonds is 2. The van der Waals surface area contributed by atoms with E-state index in [1.54, 1.807) is 0 Å². The molecule has 152 valence electrons. The molecule has 5 heteroatoms. The zero-order valence-electron chi connectivity index (χ0n) is 17.0. The standard InChI is InChI=1S/C23H29FO3S/c1-12-14(11-24)19-15-5-6-18(27)22(15,3)9-7-16(19)23(4)10-8-17(26)21(20(12)23)28-13(2)25/h14-16,19H,1,5-11H2,2-4H3/t14-,15+,16+,19+,22+,23-/m1/s1. The number of allylic oxidation sites excluding steroid dienone is 2. The molecule has 0 spiro atoms. The van der Waals surface area contributed by atoms with Crippen molar-refractivity contribution >= 4 is 28.4 Å². The second-order valence-corrected chi connectivity index (χ2v) is 10.8. The maximum absolute atomic E-state index is 14.4. The Balaban J connectivity index is 1.87. The van der Waals surface area contributed by atoms with Crippen LogP contribution in [0.5, 0.6) is 0 Å². The molecule has 0 aromatic carbocycles. The summed E-state index contributed by atoms with van der Waals surface area (Å²) in [5.74, 6) is 0.466. The Labute approximate surface area is 170 Å². The van der Waals surface area contributed by atoms with Crippen LogP contribution in [-0.4, -0.2) is 23.4 Å². The first-order valence-electron chi connectivity index (χ1n) is 10.4. The van der Waals surface area contributed by atoms with Gasteiger partial charge < -0.3 is 0 Å². The number of ketones is 2. The summed E-state index contributed by atoms with van der Waals surface area (Å²) in [6.45, 7) is 9.49. The molecule has 4 aliphatic carbocycles. The molecule has 0 amide bonds. The van der Waals surface area contributed by atoms with E-state index < -0.39 is 6.67 Å². The van der Waals surface area contributed by atoms with Gasteiger partial charge in [-0.15, -0.1) is 0 Å². The van der Waals surface area contributed by atoms with E-state index in [0.29, 0.717) is 29.1 Å². The number of carbonyl (C=O) groups is 3. The minimum absolute atomic E-state index is 0.0124. The number of hydrogen-bond acceptors (Lipinski definition) is 4. The molecular formula is C23H29FO3S. The molecule has 4 aliphatic rings. The molecule has 0 radical (unpaired) electrons. The largest absolute Gasteiger partial charge is 0.299 e. The number of alkyl halides is 1. The number of carbonyl (C=O) groups excluding carboxylic acids is 3. The number of thioether (sulfide) groups is 1. The third kappa shape index (κ3) is 2.57. The third-order valence-electron chi connectivity index (χ3n) is 8.43. The van der Waals surface area contributed by atoms with E-state index in [9.17, 15) is 18.8 Å². The van der Waals surface area contributed by atoms with Crippen LogP contribution in [0.3, 0.4) is 0 Å². The van der Waals surface area contributed by atoms with Crippen molar-refractivity contribution < 1.29 is 18.8 Å². The molecule has 6 atom stereocenters. The fourth-order valence-electron chi connectivity index (χ4n) is 7.03. The van der Waals surface area contributed by atoms with Gasteiger partial charge in [-0.25, -0.2) is 0 Å². The van der Waals surface area contributed by atoms with Gasteiger partial charge in [0.2, 0.25) is 0 Å². The van der Waals surface area contributed by atoms with E-state index in [0.717, 1.165) is 43.0 Å². The van der Waals surface area contributed by atoms with Crippen molar-refractivity contribution in [3.63, 3.8) is 0 Å². The minimum Gasteiger partial charge on any atom is -0.299 e. The van der Waals surface area contributed by atoms with E-state index in [4.69, 9.17) is 0 Å². The zero-order valence-corrected chi connectivity index (χ0v) is 17.8. The molecule has 0 heterocycles. The monoisotopic (exact) mass is 404 g/mol. The molecule has 3 fully saturated rings. The number of Topliss-reactive ketones (excluding diaryl/α,β-unsaturated/α-hetero) is 2. The summed E-state index contributed by atoms with van der Waals surface area (Å²) < 4.78 is 14.4. The summed E-state index contributed by atoms with van der Waals surface area (Å²) in [6.07, 6.45) is 4.30. The van der Waals surface area contributed by atoms with Crippen LogP contribution in [0, 0.1) is 34.5 Å². The fourth-order valence-corrected chi connectivity index (χ4v) is 8.00. The van der Waals surface area contributed by atoms with Crippen LogP contribution < -0.4 is 0 Å². The second kappa shape index (κ2) is 6.65. The Morgan fingerprint density at radius 3 is 2.46 bits per heavy atom. The maximum atomic E-state index is 14.4. The molecule has 28 heavy (non-hydrogen) atoms. The average Bonchev–Trinajstić information content (AvgIpc) is 2.93. The molecule has 3 saturated carbocycles. The van der Waals surface area contributed by atoms with Gasteiger partial charge in [-0.1, -0.05) is 20.4 Å². The number of hydrogen-bond donors (Lipinski definition) is 0. The van der Waals surface area contributed by atoms with Gasteiger partial charge in [0.05, 0.1) is 11.6 Å². The first-order valence-corrected chi connectivity index (χ1v) is 11.2. The molecule has 3 nitrogen and oxygen atoms in total. The van der Waals surface area contributed by atoms with Crippen molar-refractivity contribution in [2.24, 2.45) is 34.5 Å². The molecule has 0 aromatic rings. The molecule has 0 aliphatic heterocycles. The Morgan fingerprint density at radius 1 is 1.14 bits per heavy atom. The Bertz CT molecular complexity index is 815. The lowest BCUT2D eigenvalue weighted by molar-refractivity contribution is -0.134. The van der Waals surface area contributed by atoms with Gasteiger partial charge in [-0.05, 0) is 71.8 Å². The SMILES string of the molecule is C=C1C2=C(SC(C)=O)C(=O)CC[C@]2(C)[C@H]2CC[C@]3(C)C(=O)CC[C@H]3[C@@H]2[C@@H]1CF. The third-order valence-corrected chi connectivity index (χ3v) is 9.35. The summed E-state index contributed by atoms with van der Waals surface area (Å²) in [4.78, 5) is 37.7. The predicted molar refractivity (Wildman–Crippen MR) is 108 cm³/mol. The fraction of sp³-hybridized carbons (Fsp3) is 0.696. The molecule has 0 unspecified atom stereocenters. The van der Waals surface area contributed by atoms with Crippen LogP contribution in [0.15, 0.2) is 22.6 Å². The first kappa shape index (κ1) is 20.1. The van der Waals surface area contributed by atoms with Gasteiger partial charge in [0, 0.05) is 31.1 Å². The average molecular weight is 405 g/mol. The van der Waals surface area contributed by atoms with E-state index in [2.05, 4.69) is 20.4 Å². The summed E-state index contributed by atoms with van der Waals surface area (Å²) in [6, 6.07) is 0. The maximum Gasteiger partial charge on any atom is 0.190 e. The summed E-state index contributed by atoms with van der Waals surface area (Å²) in [5.41, 5.74) is 0.937. The van der Waals surface area contributed by atoms with Crippen LogP contribution in [0.2, 0.25) is 0 Å². The van der Waals surface area contributed by atoms with Gasteiger partial charge in [-0.3, -0.25) is 18.8 Å². The van der Waals surface area contributed by atoms with Crippen molar-refractivity contribution in [1.29, 1.82) is 0 Å². The summed E-state index contributed by atoms with van der Waals surface area (Å²) in [5, 5.41) is -0.121. The number of fused-ring (bicyclic) bond motifs is 5. The first-order chi connectivity index (χ1) is 13.1. The predicted octanol–water partition coefficient (Wildman–Crippen LogP) is 5.06. The second-order valence-electron chi connectivity index (χ2n) is 9.63. The lowest BCUT2D eigenvalue weighted by Gasteiger charge is -2.60. The van der Waals surface area contributed by atoms with Gasteiger partial charge >= 0.3 is 0 Å². The van der Waals surface area contributed by atoms with E-state index in [-0.39, 0.29) is 45.4 Å². The van der Waals surface area contributed by atoms with E-state index in [1.165, 1.54) is 6.92 Å². The molecule has 0 aromatic heterocycles. The van der Waals surface area contributed by atoms with Crippen LogP contribution in [0.25, 0.3) is 0 Å². The van der Waals surface area contributed by atoms with E-state index in [1.807, 2.05) is 0 Å². The van der Waals surface area contributed by atoms with Crippen LogP contribution in [0.4, 0.5) is 4.39 Å². The molecular weight excluding hydrogens is 375 g/mol. The van der Waals surface area contributed by atoms with Crippen molar-refractivity contribution in [3.05, 3.63) is 22.6 Å². The van der Waals surface area contributed by atoms with Gasteiger partial charge in [0.25, 0.3) is 0 Å².